The first-order valence-electron chi connectivity index (χ1n) is 1.41. The molecule has 11 heteroatoms. The molecule has 0 aromatic rings. The molecule has 0 saturated carbocycles. The second-order valence-electron chi connectivity index (χ2n) is 0.713. The van der Waals surface area contributed by atoms with Gasteiger partial charge in [0, 0.05) is 14.6 Å². The molecule has 0 aromatic carbocycles. The van der Waals surface area contributed by atoms with Gasteiger partial charge in [0.1, 0.15) is 0 Å². The smallest absolute Gasteiger partial charge is 0.872 e. The van der Waals surface area contributed by atoms with Crippen LogP contribution in [0.15, 0.2) is 0 Å². The van der Waals surface area contributed by atoms with Crippen LogP contribution in [0.1, 0.15) is 0 Å². The van der Waals surface area contributed by atoms with Gasteiger partial charge in [-0.1, -0.05) is 0 Å². The van der Waals surface area contributed by atoms with Gasteiger partial charge in [0.2, 0.25) is 0 Å². The molecule has 0 aromatic heterocycles. The minimum absolute atomic E-state index is 0. The van der Waals surface area contributed by atoms with Gasteiger partial charge in [-0.15, -0.1) is 0 Å². The van der Waals surface area contributed by atoms with E-state index in [1.807, 2.05) is 0 Å². The molecule has 40 valence electrons. The van der Waals surface area contributed by atoms with Crippen molar-refractivity contribution in [1.29, 1.82) is 0 Å². The predicted molar refractivity (Wildman–Crippen MR) is 12.6 cm³/mol. The molecule has 0 saturated heterocycles. The Balaban J connectivity index is -0.0000000300. The minimum atomic E-state index is -2.75. The van der Waals surface area contributed by atoms with E-state index in [1.165, 1.54) is 0 Å². The van der Waals surface area contributed by atoms with E-state index in [-0.39, 0.29) is 118 Å². The Morgan fingerprint density at radius 3 is 0.818 bits per heavy atom. The maximum absolute atomic E-state index is 9.16. The Morgan fingerprint density at radius 2 is 0.818 bits per heavy atom. The van der Waals surface area contributed by atoms with Crippen molar-refractivity contribution in [2.45, 2.75) is 0 Å². The Labute approximate surface area is 154 Å². The van der Waals surface area contributed by atoms with Crippen molar-refractivity contribution in [3.8, 4) is 0 Å². The van der Waals surface area contributed by atoms with Crippen molar-refractivity contribution >= 4 is 14.6 Å². The zero-order chi connectivity index (χ0) is 5.86. The van der Waals surface area contributed by atoms with Gasteiger partial charge in [-0.3, -0.25) is 0 Å². The molecular formula is B2Na4O5. The normalized spacial score (nSPS) is 5.45. The number of rotatable bonds is 2. The summed E-state index contributed by atoms with van der Waals surface area (Å²) in [5.74, 6) is 0. The quantitative estimate of drug-likeness (QED) is 0.405. The second kappa shape index (κ2) is 19.5. The molecule has 0 fully saturated rings. The third-order valence-electron chi connectivity index (χ3n) is 0.222. The summed E-state index contributed by atoms with van der Waals surface area (Å²) in [5.41, 5.74) is 0. The average molecular weight is 194 g/mol. The molecule has 0 bridgehead atoms. The molecule has 0 aliphatic carbocycles. The minimum Gasteiger partial charge on any atom is -0.872 e. The van der Waals surface area contributed by atoms with Crippen molar-refractivity contribution in [2.75, 3.05) is 0 Å². The van der Waals surface area contributed by atoms with Gasteiger partial charge in [-0.25, -0.2) is 0 Å². The first kappa shape index (κ1) is 29.4. The second-order valence-corrected chi connectivity index (χ2v) is 0.713. The van der Waals surface area contributed by atoms with E-state index in [2.05, 4.69) is 4.57 Å². The van der Waals surface area contributed by atoms with Gasteiger partial charge in [-0.05, 0) is 0 Å². The molecular weight excluding hydrogens is 194 g/mol. The number of hydrogen-bond donors (Lipinski definition) is 0. The third kappa shape index (κ3) is 31.5. The molecule has 5 nitrogen and oxygen atoms in total. The summed E-state index contributed by atoms with van der Waals surface area (Å²) in [7, 11) is -5.50. The largest absolute Gasteiger partial charge is 1.00 e. The van der Waals surface area contributed by atoms with Gasteiger partial charge in [-0.2, -0.15) is 0 Å². The summed E-state index contributed by atoms with van der Waals surface area (Å²) in [5, 5.41) is 36.6. The summed E-state index contributed by atoms with van der Waals surface area (Å²) in [4.78, 5) is 0. The molecule has 0 radical (unpaired) electrons. The van der Waals surface area contributed by atoms with Gasteiger partial charge < -0.3 is 24.7 Å². The van der Waals surface area contributed by atoms with Crippen LogP contribution in [-0.2, 0) is 4.57 Å². The maximum Gasteiger partial charge on any atom is 1.00 e. The SMILES string of the molecule is [Na+].[Na+].[Na+].[Na+].[O-]B([O-])OB([O-])[O-]. The van der Waals surface area contributed by atoms with Crippen LogP contribution in [-0.4, -0.2) is 14.6 Å². The Kier molecular flexibility index (Phi) is 52.1. The topological polar surface area (TPSA) is 101 Å². The van der Waals surface area contributed by atoms with E-state index >= 15 is 0 Å². The molecule has 0 rings (SSSR count). The van der Waals surface area contributed by atoms with Crippen LogP contribution in [0.3, 0.4) is 0 Å². The molecule has 0 N–H and O–H groups in total. The van der Waals surface area contributed by atoms with E-state index in [0.717, 1.165) is 0 Å². The van der Waals surface area contributed by atoms with E-state index in [4.69, 9.17) is 20.1 Å². The Morgan fingerprint density at radius 1 is 0.636 bits per heavy atom. The van der Waals surface area contributed by atoms with Crippen LogP contribution in [0.4, 0.5) is 0 Å². The van der Waals surface area contributed by atoms with Gasteiger partial charge in [0.25, 0.3) is 0 Å². The molecule has 0 atom stereocenters. The van der Waals surface area contributed by atoms with Crippen LogP contribution < -0.4 is 138 Å². The fraction of sp³-hybridized carbons (Fsp3) is 0. The van der Waals surface area contributed by atoms with Crippen LogP contribution in [0.25, 0.3) is 0 Å². The molecule has 0 unspecified atom stereocenters. The molecule has 0 aliphatic heterocycles. The summed E-state index contributed by atoms with van der Waals surface area (Å²) in [6.45, 7) is 0. The fourth-order valence-corrected chi connectivity index (χ4v) is 0.0907. The molecule has 0 aliphatic rings. The van der Waals surface area contributed by atoms with E-state index in [9.17, 15) is 0 Å². The maximum atomic E-state index is 9.16. The zero-order valence-corrected chi connectivity index (χ0v) is 15.2. The Bertz CT molecular complexity index is 45.7. The van der Waals surface area contributed by atoms with Crippen LogP contribution >= 0.6 is 0 Å². The van der Waals surface area contributed by atoms with E-state index < -0.39 is 14.6 Å². The number of hydrogen-bond acceptors (Lipinski definition) is 5. The standard InChI is InChI=1S/B2O5.4Na/c3-1(4)7-2(5)6;;;;/q-4;4*+1. The van der Waals surface area contributed by atoms with Crippen molar-refractivity contribution in [1.82, 2.24) is 0 Å². The summed E-state index contributed by atoms with van der Waals surface area (Å²) < 4.78 is 3.03. The van der Waals surface area contributed by atoms with Crippen LogP contribution in [0.5, 0.6) is 0 Å². The monoisotopic (exact) mass is 194 g/mol. The van der Waals surface area contributed by atoms with Gasteiger partial charge in [0.15, 0.2) is 0 Å². The summed E-state index contributed by atoms with van der Waals surface area (Å²) >= 11 is 0. The van der Waals surface area contributed by atoms with Crippen molar-refractivity contribution in [3.05, 3.63) is 0 Å². The molecule has 0 amide bonds. The van der Waals surface area contributed by atoms with Crippen LogP contribution in [0.2, 0.25) is 0 Å². The predicted octanol–water partition coefficient (Wildman–Crippen LogP) is -17.6. The fourth-order valence-electron chi connectivity index (χ4n) is 0.0907. The van der Waals surface area contributed by atoms with Crippen LogP contribution in [0, 0.1) is 0 Å². The molecule has 0 heterocycles. The van der Waals surface area contributed by atoms with E-state index in [0.29, 0.717) is 0 Å². The summed E-state index contributed by atoms with van der Waals surface area (Å²) in [6, 6.07) is 0. The third-order valence-corrected chi connectivity index (χ3v) is 0.222. The Hall–Kier alpha value is 3.93. The van der Waals surface area contributed by atoms with E-state index in [1.54, 1.807) is 0 Å². The first-order valence-corrected chi connectivity index (χ1v) is 1.41. The zero-order valence-electron chi connectivity index (χ0n) is 7.20. The first-order chi connectivity index (χ1) is 3.13. The average Bonchev–Trinajstić information content (AvgIpc) is 1.27. The van der Waals surface area contributed by atoms with Crippen molar-refractivity contribution in [2.24, 2.45) is 0 Å². The van der Waals surface area contributed by atoms with Gasteiger partial charge in [0.05, 0.1) is 0 Å². The van der Waals surface area contributed by atoms with Crippen molar-refractivity contribution < 1.29 is 143 Å². The summed E-state index contributed by atoms with van der Waals surface area (Å²) in [6.07, 6.45) is 0. The van der Waals surface area contributed by atoms with Gasteiger partial charge >= 0.3 is 118 Å². The van der Waals surface area contributed by atoms with Crippen molar-refractivity contribution in [3.63, 3.8) is 0 Å². The molecule has 0 spiro atoms. The molecule has 11 heavy (non-hydrogen) atoms.